The van der Waals surface area contributed by atoms with Crippen molar-refractivity contribution >= 4 is 12.2 Å². The number of hydrogen-bond acceptors (Lipinski definition) is 6. The van der Waals surface area contributed by atoms with Gasteiger partial charge >= 0.3 is 12.2 Å². The molecule has 8 nitrogen and oxygen atoms in total. The predicted molar refractivity (Wildman–Crippen MR) is 68.5 cm³/mol. The van der Waals surface area contributed by atoms with E-state index >= 15 is 0 Å². The molecule has 0 unspecified atom stereocenters. The molecular weight excluding hydrogens is 268 g/mol. The Hall–Kier alpha value is -2.12. The van der Waals surface area contributed by atoms with Crippen LogP contribution in [0.5, 0.6) is 0 Å². The van der Waals surface area contributed by atoms with Crippen molar-refractivity contribution in [3.8, 4) is 0 Å². The third-order valence-electron chi connectivity index (χ3n) is 2.64. The number of carbonyl (C=O) groups is 2. The lowest BCUT2D eigenvalue weighted by atomic mass is 10.3. The van der Waals surface area contributed by atoms with Gasteiger partial charge in [0.1, 0.15) is 13.1 Å². The molecule has 0 spiro atoms. The van der Waals surface area contributed by atoms with Gasteiger partial charge in [-0.3, -0.25) is 0 Å². The number of amides is 2. The largest absolute Gasteiger partial charge is 0.496 e. The molecule has 0 saturated carbocycles. The highest BCUT2D eigenvalue weighted by atomic mass is 16.6. The van der Waals surface area contributed by atoms with Crippen molar-refractivity contribution in [2.75, 3.05) is 40.5 Å². The van der Waals surface area contributed by atoms with Gasteiger partial charge in [-0.25, -0.2) is 19.6 Å². The van der Waals surface area contributed by atoms with Crippen LogP contribution >= 0.6 is 0 Å². The van der Waals surface area contributed by atoms with E-state index in [2.05, 4.69) is 0 Å². The fourth-order valence-corrected chi connectivity index (χ4v) is 1.70. The molecule has 0 aromatic carbocycles. The van der Waals surface area contributed by atoms with Gasteiger partial charge in [-0.15, -0.1) is 0 Å². The highest BCUT2D eigenvalue weighted by Crippen LogP contribution is 2.20. The highest BCUT2D eigenvalue weighted by molar-refractivity contribution is 5.75. The van der Waals surface area contributed by atoms with Gasteiger partial charge in [0, 0.05) is 0 Å². The summed E-state index contributed by atoms with van der Waals surface area (Å²) in [6.07, 6.45) is -1.30. The van der Waals surface area contributed by atoms with E-state index in [1.165, 1.54) is 14.2 Å². The lowest BCUT2D eigenvalue weighted by molar-refractivity contribution is -0.0360. The van der Waals surface area contributed by atoms with Crippen molar-refractivity contribution < 1.29 is 28.5 Å². The number of methoxy groups -OCH3 is 2. The Morgan fingerprint density at radius 2 is 1.25 bits per heavy atom. The maximum Gasteiger partial charge on any atom is 0.429 e. The second-order valence-corrected chi connectivity index (χ2v) is 3.77. The topological polar surface area (TPSA) is 77.5 Å². The van der Waals surface area contributed by atoms with Crippen LogP contribution in [-0.4, -0.2) is 62.7 Å². The Morgan fingerprint density at radius 1 is 0.900 bits per heavy atom. The summed E-state index contributed by atoms with van der Waals surface area (Å²) in [5.41, 5.74) is 0. The zero-order chi connectivity index (χ0) is 15.1. The zero-order valence-corrected chi connectivity index (χ0v) is 12.2. The Balaban J connectivity index is 3.00. The SMILES string of the molecule is CCOC(=O)N1CC(OC)=C(OC)CN1C(=O)OCC. The summed E-state index contributed by atoms with van der Waals surface area (Å²) in [6, 6.07) is 0. The van der Waals surface area contributed by atoms with Crippen LogP contribution in [0.4, 0.5) is 9.59 Å². The van der Waals surface area contributed by atoms with Crippen molar-refractivity contribution in [3.63, 3.8) is 0 Å². The van der Waals surface area contributed by atoms with E-state index in [9.17, 15) is 9.59 Å². The molecule has 1 rings (SSSR count). The maximum atomic E-state index is 11.9. The van der Waals surface area contributed by atoms with Crippen LogP contribution in [0.2, 0.25) is 0 Å². The second-order valence-electron chi connectivity index (χ2n) is 3.77. The first-order valence-corrected chi connectivity index (χ1v) is 6.27. The zero-order valence-electron chi connectivity index (χ0n) is 12.2. The van der Waals surface area contributed by atoms with Crippen LogP contribution in [0.25, 0.3) is 0 Å². The molecule has 1 aliphatic rings. The Bertz CT molecular complexity index is 359. The molecule has 0 saturated heterocycles. The first-order valence-electron chi connectivity index (χ1n) is 6.27. The van der Waals surface area contributed by atoms with E-state index in [1.54, 1.807) is 13.8 Å². The molecule has 0 N–H and O–H groups in total. The van der Waals surface area contributed by atoms with Crippen LogP contribution in [0.3, 0.4) is 0 Å². The summed E-state index contributed by atoms with van der Waals surface area (Å²) < 4.78 is 20.2. The van der Waals surface area contributed by atoms with Gasteiger partial charge in [0.25, 0.3) is 0 Å². The van der Waals surface area contributed by atoms with Crippen LogP contribution in [0.1, 0.15) is 13.8 Å². The van der Waals surface area contributed by atoms with Crippen molar-refractivity contribution in [2.45, 2.75) is 13.8 Å². The number of carbonyl (C=O) groups excluding carboxylic acids is 2. The average molecular weight is 288 g/mol. The minimum Gasteiger partial charge on any atom is -0.496 e. The van der Waals surface area contributed by atoms with Gasteiger partial charge in [-0.05, 0) is 13.8 Å². The number of hydrogen-bond donors (Lipinski definition) is 0. The molecule has 0 atom stereocenters. The molecule has 20 heavy (non-hydrogen) atoms. The number of ether oxygens (including phenoxy) is 4. The van der Waals surface area contributed by atoms with E-state index in [4.69, 9.17) is 18.9 Å². The highest BCUT2D eigenvalue weighted by Gasteiger charge is 2.36. The Morgan fingerprint density at radius 3 is 1.50 bits per heavy atom. The molecule has 0 aromatic rings. The molecule has 0 bridgehead atoms. The maximum absolute atomic E-state index is 11.9. The van der Waals surface area contributed by atoms with Gasteiger partial charge in [0.05, 0.1) is 27.4 Å². The number of nitrogens with zero attached hydrogens (tertiary/aromatic N) is 2. The van der Waals surface area contributed by atoms with E-state index in [1.807, 2.05) is 0 Å². The van der Waals surface area contributed by atoms with E-state index in [0.29, 0.717) is 11.5 Å². The van der Waals surface area contributed by atoms with Crippen LogP contribution < -0.4 is 0 Å². The van der Waals surface area contributed by atoms with E-state index < -0.39 is 12.2 Å². The molecule has 8 heteroatoms. The minimum absolute atomic E-state index is 0.0390. The van der Waals surface area contributed by atoms with Crippen LogP contribution in [-0.2, 0) is 18.9 Å². The van der Waals surface area contributed by atoms with Crippen LogP contribution in [0, 0.1) is 0 Å². The molecule has 114 valence electrons. The summed E-state index contributed by atoms with van der Waals surface area (Å²) in [5, 5.41) is 2.26. The quantitative estimate of drug-likeness (QED) is 0.776. The average Bonchev–Trinajstić information content (AvgIpc) is 2.46. The van der Waals surface area contributed by atoms with Crippen LogP contribution in [0.15, 0.2) is 11.5 Å². The lowest BCUT2D eigenvalue weighted by Crippen LogP contribution is -2.54. The third-order valence-corrected chi connectivity index (χ3v) is 2.64. The van der Waals surface area contributed by atoms with Crippen molar-refractivity contribution in [2.24, 2.45) is 0 Å². The van der Waals surface area contributed by atoms with Gasteiger partial charge < -0.3 is 18.9 Å². The lowest BCUT2D eigenvalue weighted by Gasteiger charge is -2.37. The fourth-order valence-electron chi connectivity index (χ4n) is 1.70. The summed E-state index contributed by atoms with van der Waals surface area (Å²) >= 11 is 0. The molecule has 2 amide bonds. The fraction of sp³-hybridized carbons (Fsp3) is 0.667. The molecule has 0 fully saturated rings. The Labute approximate surface area is 117 Å². The van der Waals surface area contributed by atoms with E-state index in [0.717, 1.165) is 10.0 Å². The first-order chi connectivity index (χ1) is 9.58. The molecule has 0 radical (unpaired) electrons. The summed E-state index contributed by atoms with van der Waals surface area (Å²) in [7, 11) is 2.94. The van der Waals surface area contributed by atoms with Gasteiger partial charge in [-0.1, -0.05) is 0 Å². The van der Waals surface area contributed by atoms with Crippen molar-refractivity contribution in [3.05, 3.63) is 11.5 Å². The van der Waals surface area contributed by atoms with Crippen molar-refractivity contribution in [1.82, 2.24) is 10.0 Å². The Kier molecular flexibility index (Phi) is 5.95. The third kappa shape index (κ3) is 3.46. The summed E-state index contributed by atoms with van der Waals surface area (Å²) in [6.45, 7) is 3.85. The predicted octanol–water partition coefficient (Wildman–Crippen LogP) is 1.34. The second kappa shape index (κ2) is 7.46. The summed E-state index contributed by atoms with van der Waals surface area (Å²) in [5.74, 6) is 0.919. The van der Waals surface area contributed by atoms with Gasteiger partial charge in [0.15, 0.2) is 11.5 Å². The van der Waals surface area contributed by atoms with E-state index in [-0.39, 0.29) is 26.3 Å². The van der Waals surface area contributed by atoms with Gasteiger partial charge in [0.2, 0.25) is 0 Å². The molecule has 0 aromatic heterocycles. The molecular formula is C12H20N2O6. The number of rotatable bonds is 4. The number of hydrazine groups is 1. The molecule has 1 aliphatic heterocycles. The normalized spacial score (nSPS) is 15.0. The smallest absolute Gasteiger partial charge is 0.429 e. The first kappa shape index (κ1) is 15.9. The monoisotopic (exact) mass is 288 g/mol. The standard InChI is InChI=1S/C12H20N2O6/c1-5-19-11(15)13-7-9(17-3)10(18-4)8-14(13)12(16)20-6-2/h5-8H2,1-4H3. The molecule has 0 aliphatic carbocycles. The van der Waals surface area contributed by atoms with Gasteiger partial charge in [-0.2, -0.15) is 0 Å². The molecule has 1 heterocycles. The van der Waals surface area contributed by atoms with Crippen molar-refractivity contribution in [1.29, 1.82) is 0 Å². The summed E-state index contributed by atoms with van der Waals surface area (Å²) in [4.78, 5) is 23.8. The minimum atomic E-state index is -0.648.